The summed E-state index contributed by atoms with van der Waals surface area (Å²) in [5.41, 5.74) is 0.844. The maximum absolute atomic E-state index is 4.38. The SMILES string of the molecule is CCc1ncc(CNC2C(C)(C)C2(C)C)s1. The molecule has 1 fully saturated rings. The third-order valence-electron chi connectivity index (χ3n) is 4.41. The van der Waals surface area contributed by atoms with Gasteiger partial charge in [0.15, 0.2) is 0 Å². The van der Waals surface area contributed by atoms with Crippen molar-refractivity contribution in [3.63, 3.8) is 0 Å². The minimum absolute atomic E-state index is 0.422. The first-order valence-electron chi connectivity index (χ1n) is 6.06. The molecule has 0 atom stereocenters. The predicted molar refractivity (Wildman–Crippen MR) is 69.7 cm³/mol. The molecule has 1 saturated carbocycles. The number of hydrogen-bond acceptors (Lipinski definition) is 3. The van der Waals surface area contributed by atoms with Crippen molar-refractivity contribution in [3.05, 3.63) is 16.1 Å². The van der Waals surface area contributed by atoms with E-state index in [0.29, 0.717) is 16.9 Å². The lowest BCUT2D eigenvalue weighted by Gasteiger charge is -2.03. The largest absolute Gasteiger partial charge is 0.308 e. The molecule has 0 saturated heterocycles. The zero-order chi connectivity index (χ0) is 12.0. The van der Waals surface area contributed by atoms with Gasteiger partial charge in [-0.15, -0.1) is 11.3 Å². The van der Waals surface area contributed by atoms with Gasteiger partial charge in [0.1, 0.15) is 0 Å². The molecular formula is C13H22N2S. The molecule has 1 aliphatic carbocycles. The summed E-state index contributed by atoms with van der Waals surface area (Å²) in [5.74, 6) is 0. The van der Waals surface area contributed by atoms with Gasteiger partial charge in [-0.2, -0.15) is 0 Å². The molecule has 0 radical (unpaired) electrons. The molecule has 0 aromatic carbocycles. The minimum Gasteiger partial charge on any atom is -0.308 e. The second kappa shape index (κ2) is 3.81. The molecule has 2 rings (SSSR count). The number of nitrogens with zero attached hydrogens (tertiary/aromatic N) is 1. The van der Waals surface area contributed by atoms with Crippen LogP contribution in [0.15, 0.2) is 6.20 Å². The molecule has 0 spiro atoms. The summed E-state index contributed by atoms with van der Waals surface area (Å²) in [5, 5.41) is 4.90. The molecule has 0 unspecified atom stereocenters. The van der Waals surface area contributed by atoms with Crippen LogP contribution in [0, 0.1) is 10.8 Å². The predicted octanol–water partition coefficient (Wildman–Crippen LogP) is 3.23. The highest BCUT2D eigenvalue weighted by Gasteiger charge is 2.64. The van der Waals surface area contributed by atoms with Gasteiger partial charge in [-0.25, -0.2) is 4.98 Å². The van der Waals surface area contributed by atoms with E-state index >= 15 is 0 Å². The third-order valence-corrected chi connectivity index (χ3v) is 5.55. The zero-order valence-corrected chi connectivity index (χ0v) is 11.7. The van der Waals surface area contributed by atoms with Crippen LogP contribution in [-0.2, 0) is 13.0 Å². The van der Waals surface area contributed by atoms with E-state index in [0.717, 1.165) is 13.0 Å². The Bertz CT molecular complexity index is 365. The Morgan fingerprint density at radius 2 is 1.94 bits per heavy atom. The fourth-order valence-electron chi connectivity index (χ4n) is 2.50. The van der Waals surface area contributed by atoms with Crippen LogP contribution >= 0.6 is 11.3 Å². The Hall–Kier alpha value is -0.410. The number of aryl methyl sites for hydroxylation is 1. The summed E-state index contributed by atoms with van der Waals surface area (Å²) in [7, 11) is 0. The Balaban J connectivity index is 1.90. The number of hydrogen-bond donors (Lipinski definition) is 1. The highest BCUT2D eigenvalue weighted by atomic mass is 32.1. The molecule has 0 amide bonds. The molecule has 3 heteroatoms. The number of aromatic nitrogens is 1. The highest BCUT2D eigenvalue weighted by molar-refractivity contribution is 7.11. The van der Waals surface area contributed by atoms with E-state index in [9.17, 15) is 0 Å². The van der Waals surface area contributed by atoms with Crippen molar-refractivity contribution in [2.24, 2.45) is 10.8 Å². The standard InChI is InChI=1S/C13H22N2S/c1-6-10-14-7-9(16-10)8-15-11-12(2,3)13(11,4)5/h7,11,15H,6,8H2,1-5H3. The number of rotatable bonds is 4. The average molecular weight is 238 g/mol. The van der Waals surface area contributed by atoms with E-state index < -0.39 is 0 Å². The van der Waals surface area contributed by atoms with Crippen molar-refractivity contribution >= 4 is 11.3 Å². The van der Waals surface area contributed by atoms with Crippen molar-refractivity contribution in [2.45, 2.75) is 53.6 Å². The summed E-state index contributed by atoms with van der Waals surface area (Å²) >= 11 is 1.83. The van der Waals surface area contributed by atoms with Crippen LogP contribution in [-0.4, -0.2) is 11.0 Å². The van der Waals surface area contributed by atoms with Gasteiger partial charge in [-0.05, 0) is 17.3 Å². The Morgan fingerprint density at radius 3 is 2.38 bits per heavy atom. The summed E-state index contributed by atoms with van der Waals surface area (Å²) in [6, 6.07) is 0.632. The molecule has 0 aliphatic heterocycles. The molecule has 1 N–H and O–H groups in total. The quantitative estimate of drug-likeness (QED) is 0.871. The number of thiazole rings is 1. The summed E-state index contributed by atoms with van der Waals surface area (Å²) in [6.07, 6.45) is 3.06. The van der Waals surface area contributed by atoms with E-state index in [-0.39, 0.29) is 0 Å². The van der Waals surface area contributed by atoms with Crippen molar-refractivity contribution < 1.29 is 0 Å². The maximum Gasteiger partial charge on any atom is 0.0925 e. The molecule has 1 aromatic heterocycles. The molecule has 90 valence electrons. The molecule has 0 bridgehead atoms. The van der Waals surface area contributed by atoms with Gasteiger partial charge in [-0.3, -0.25) is 0 Å². The average Bonchev–Trinajstić information content (AvgIpc) is 2.60. The summed E-state index contributed by atoms with van der Waals surface area (Å²) in [6.45, 7) is 12.5. The van der Waals surface area contributed by atoms with E-state index in [1.165, 1.54) is 9.88 Å². The second-order valence-electron chi connectivity index (χ2n) is 5.83. The minimum atomic E-state index is 0.422. The van der Waals surface area contributed by atoms with E-state index in [1.54, 1.807) is 0 Å². The van der Waals surface area contributed by atoms with E-state index in [2.05, 4.69) is 44.9 Å². The van der Waals surface area contributed by atoms with Crippen molar-refractivity contribution in [3.8, 4) is 0 Å². The van der Waals surface area contributed by atoms with Crippen molar-refractivity contribution in [2.75, 3.05) is 0 Å². The van der Waals surface area contributed by atoms with Crippen molar-refractivity contribution in [1.29, 1.82) is 0 Å². The lowest BCUT2D eigenvalue weighted by atomic mass is 10.0. The van der Waals surface area contributed by atoms with Crippen LogP contribution in [0.3, 0.4) is 0 Å². The zero-order valence-electron chi connectivity index (χ0n) is 10.9. The van der Waals surface area contributed by atoms with E-state index in [4.69, 9.17) is 0 Å². The molecule has 16 heavy (non-hydrogen) atoms. The smallest absolute Gasteiger partial charge is 0.0925 e. The lowest BCUT2D eigenvalue weighted by molar-refractivity contribution is 0.457. The van der Waals surface area contributed by atoms with Crippen LogP contribution in [0.2, 0.25) is 0 Å². The lowest BCUT2D eigenvalue weighted by Crippen LogP contribution is -2.21. The summed E-state index contributed by atoms with van der Waals surface area (Å²) < 4.78 is 0. The molecule has 2 nitrogen and oxygen atoms in total. The monoisotopic (exact) mass is 238 g/mol. The normalized spacial score (nSPS) is 22.3. The van der Waals surface area contributed by atoms with Gasteiger partial charge in [0.05, 0.1) is 5.01 Å². The van der Waals surface area contributed by atoms with Gasteiger partial charge < -0.3 is 5.32 Å². The van der Waals surface area contributed by atoms with Gasteiger partial charge in [-0.1, -0.05) is 34.6 Å². The summed E-state index contributed by atoms with van der Waals surface area (Å²) in [4.78, 5) is 5.74. The molecule has 1 aliphatic rings. The fourth-order valence-corrected chi connectivity index (χ4v) is 3.32. The highest BCUT2D eigenvalue weighted by Crippen LogP contribution is 2.62. The Morgan fingerprint density at radius 1 is 1.31 bits per heavy atom. The topological polar surface area (TPSA) is 24.9 Å². The van der Waals surface area contributed by atoms with Gasteiger partial charge in [0.25, 0.3) is 0 Å². The molecule has 1 heterocycles. The Labute approximate surface area is 102 Å². The third kappa shape index (κ3) is 1.80. The van der Waals surface area contributed by atoms with Gasteiger partial charge in [0, 0.05) is 23.7 Å². The van der Waals surface area contributed by atoms with E-state index in [1.807, 2.05) is 17.5 Å². The van der Waals surface area contributed by atoms with Crippen LogP contribution in [0.4, 0.5) is 0 Å². The molecular weight excluding hydrogens is 216 g/mol. The van der Waals surface area contributed by atoms with Crippen LogP contribution < -0.4 is 5.32 Å². The Kier molecular flexibility index (Phi) is 2.87. The van der Waals surface area contributed by atoms with Crippen LogP contribution in [0.1, 0.15) is 44.5 Å². The fraction of sp³-hybridized carbons (Fsp3) is 0.769. The first kappa shape index (κ1) is 12.1. The van der Waals surface area contributed by atoms with Crippen LogP contribution in [0.5, 0.6) is 0 Å². The second-order valence-corrected chi connectivity index (χ2v) is 7.03. The maximum atomic E-state index is 4.38. The molecule has 1 aromatic rings. The first-order chi connectivity index (χ1) is 7.39. The van der Waals surface area contributed by atoms with Gasteiger partial charge >= 0.3 is 0 Å². The number of nitrogens with one attached hydrogen (secondary N) is 1. The van der Waals surface area contributed by atoms with Crippen LogP contribution in [0.25, 0.3) is 0 Å². The van der Waals surface area contributed by atoms with Crippen molar-refractivity contribution in [1.82, 2.24) is 10.3 Å². The first-order valence-corrected chi connectivity index (χ1v) is 6.88. The van der Waals surface area contributed by atoms with Gasteiger partial charge in [0.2, 0.25) is 0 Å².